The molecule has 0 aromatic rings. The van der Waals surface area contributed by atoms with Crippen molar-refractivity contribution in [2.24, 2.45) is 5.92 Å². The molecule has 1 N–H and O–H groups in total. The van der Waals surface area contributed by atoms with E-state index in [0.717, 1.165) is 12.8 Å². The molecule has 112 valence electrons. The molecule has 0 spiro atoms. The van der Waals surface area contributed by atoms with Gasteiger partial charge in [-0.3, -0.25) is 0 Å². The zero-order valence-corrected chi connectivity index (χ0v) is 13.3. The first-order valence-electron chi connectivity index (χ1n) is 6.88. The molecule has 1 aliphatic carbocycles. The van der Waals surface area contributed by atoms with Gasteiger partial charge in [0.1, 0.15) is 9.84 Å². The van der Waals surface area contributed by atoms with Gasteiger partial charge in [0.05, 0.1) is 5.75 Å². The Bertz CT molecular complexity index is 416. The average Bonchev–Trinajstić information content (AvgIpc) is 2.98. The van der Waals surface area contributed by atoms with Crippen molar-refractivity contribution < 1.29 is 13.2 Å². The lowest BCUT2D eigenvalue weighted by Gasteiger charge is -2.33. The van der Waals surface area contributed by atoms with Gasteiger partial charge in [-0.25, -0.2) is 13.2 Å². The normalized spacial score (nSPS) is 19.1. The first-order valence-corrected chi connectivity index (χ1v) is 8.94. The lowest BCUT2D eigenvalue weighted by molar-refractivity contribution is 0.155. The summed E-state index contributed by atoms with van der Waals surface area (Å²) in [7, 11) is -3.07. The number of urea groups is 1. The topological polar surface area (TPSA) is 66.5 Å². The molecule has 0 unspecified atom stereocenters. The minimum absolute atomic E-state index is 0.0205. The minimum Gasteiger partial charge on any atom is -0.334 e. The molecule has 0 aromatic carbocycles. The summed E-state index contributed by atoms with van der Waals surface area (Å²) in [5, 5.41) is 2.80. The van der Waals surface area contributed by atoms with Crippen LogP contribution in [0.15, 0.2) is 0 Å². The number of nitrogens with one attached hydrogen (secondary N) is 1. The molecular weight excluding hydrogens is 264 g/mol. The number of hydrogen-bond donors (Lipinski definition) is 1. The first-order chi connectivity index (χ1) is 8.61. The van der Waals surface area contributed by atoms with Gasteiger partial charge in [-0.1, -0.05) is 13.8 Å². The standard InChI is InChI=1S/C13H26N2O3S/c1-9(2)11(4)15(12-6-7-12)13(16)14-10(3)8-19(5,17)18/h9-12H,6-8H2,1-5H3,(H,14,16)/t10-,11-/m1/s1. The van der Waals surface area contributed by atoms with Crippen LogP contribution in [0.5, 0.6) is 0 Å². The van der Waals surface area contributed by atoms with Gasteiger partial charge in [0.15, 0.2) is 0 Å². The van der Waals surface area contributed by atoms with Crippen molar-refractivity contribution in [2.45, 2.75) is 58.7 Å². The van der Waals surface area contributed by atoms with Crippen molar-refractivity contribution in [1.82, 2.24) is 10.2 Å². The average molecular weight is 290 g/mol. The monoisotopic (exact) mass is 290 g/mol. The second-order valence-corrected chi connectivity index (χ2v) is 8.25. The van der Waals surface area contributed by atoms with Crippen molar-refractivity contribution in [1.29, 1.82) is 0 Å². The Hall–Kier alpha value is -0.780. The van der Waals surface area contributed by atoms with Crippen LogP contribution in [-0.2, 0) is 9.84 Å². The fourth-order valence-electron chi connectivity index (χ4n) is 2.14. The van der Waals surface area contributed by atoms with Crippen LogP contribution in [-0.4, -0.2) is 49.5 Å². The zero-order valence-electron chi connectivity index (χ0n) is 12.5. The molecule has 0 aromatic heterocycles. The van der Waals surface area contributed by atoms with E-state index in [4.69, 9.17) is 0 Å². The van der Waals surface area contributed by atoms with Crippen molar-refractivity contribution in [3.63, 3.8) is 0 Å². The fourth-order valence-corrected chi connectivity index (χ4v) is 3.13. The fraction of sp³-hybridized carbons (Fsp3) is 0.923. The van der Waals surface area contributed by atoms with E-state index in [0.29, 0.717) is 12.0 Å². The number of hydrogen-bond acceptors (Lipinski definition) is 3. The maximum absolute atomic E-state index is 12.3. The Labute approximate surface area is 116 Å². The number of carbonyl (C=O) groups is 1. The van der Waals surface area contributed by atoms with Crippen molar-refractivity contribution >= 4 is 15.9 Å². The highest BCUT2D eigenvalue weighted by Gasteiger charge is 2.37. The van der Waals surface area contributed by atoms with E-state index >= 15 is 0 Å². The zero-order chi connectivity index (χ0) is 14.8. The third-order valence-corrected chi connectivity index (χ3v) is 4.61. The Balaban J connectivity index is 2.63. The molecule has 1 saturated carbocycles. The molecule has 2 amide bonds. The summed E-state index contributed by atoms with van der Waals surface area (Å²) < 4.78 is 22.4. The SMILES string of the molecule is CC(C)[C@@H](C)N(C(=O)N[C@H](C)CS(C)(=O)=O)C1CC1. The predicted molar refractivity (Wildman–Crippen MR) is 76.9 cm³/mol. The van der Waals surface area contributed by atoms with E-state index in [1.807, 2.05) is 11.8 Å². The van der Waals surface area contributed by atoms with Crippen LogP contribution in [0.3, 0.4) is 0 Å². The predicted octanol–water partition coefficient (Wildman–Crippen LogP) is 1.64. The van der Waals surface area contributed by atoms with Crippen molar-refractivity contribution in [3.8, 4) is 0 Å². The second kappa shape index (κ2) is 6.11. The van der Waals surface area contributed by atoms with E-state index in [1.54, 1.807) is 6.92 Å². The van der Waals surface area contributed by atoms with Gasteiger partial charge < -0.3 is 10.2 Å². The third-order valence-electron chi connectivity index (χ3n) is 3.50. The highest BCUT2D eigenvalue weighted by Crippen LogP contribution is 2.30. The molecule has 1 rings (SSSR count). The van der Waals surface area contributed by atoms with Crippen LogP contribution < -0.4 is 5.32 Å². The summed E-state index contributed by atoms with van der Waals surface area (Å²) in [6.45, 7) is 7.95. The van der Waals surface area contributed by atoms with E-state index in [1.165, 1.54) is 6.26 Å². The third kappa shape index (κ3) is 5.38. The van der Waals surface area contributed by atoms with E-state index in [-0.39, 0.29) is 23.9 Å². The number of nitrogens with zero attached hydrogens (tertiary/aromatic N) is 1. The second-order valence-electron chi connectivity index (χ2n) is 6.07. The first kappa shape index (κ1) is 16.3. The molecule has 5 nitrogen and oxygen atoms in total. The van der Waals surface area contributed by atoms with Gasteiger partial charge in [-0.15, -0.1) is 0 Å². The summed E-state index contributed by atoms with van der Waals surface area (Å²) in [4.78, 5) is 14.2. The smallest absolute Gasteiger partial charge is 0.318 e. The lowest BCUT2D eigenvalue weighted by Crippen LogP contribution is -2.51. The summed E-state index contributed by atoms with van der Waals surface area (Å²) in [5.74, 6) is 0.365. The maximum atomic E-state index is 12.3. The molecule has 0 bridgehead atoms. The van der Waals surface area contributed by atoms with Crippen LogP contribution in [0.1, 0.15) is 40.5 Å². The highest BCUT2D eigenvalue weighted by atomic mass is 32.2. The van der Waals surface area contributed by atoms with Crippen LogP contribution in [0, 0.1) is 5.92 Å². The van der Waals surface area contributed by atoms with Crippen LogP contribution in [0.25, 0.3) is 0 Å². The quantitative estimate of drug-likeness (QED) is 0.808. The summed E-state index contributed by atoms with van der Waals surface area (Å²) in [6, 6.07) is -0.0104. The molecule has 0 radical (unpaired) electrons. The number of rotatable bonds is 6. The van der Waals surface area contributed by atoms with Gasteiger partial charge in [0, 0.05) is 24.4 Å². The molecule has 0 saturated heterocycles. The summed E-state index contributed by atoms with van der Waals surface area (Å²) >= 11 is 0. The van der Waals surface area contributed by atoms with Crippen LogP contribution in [0.4, 0.5) is 4.79 Å². The molecule has 0 heterocycles. The van der Waals surface area contributed by atoms with Crippen LogP contribution in [0.2, 0.25) is 0 Å². The van der Waals surface area contributed by atoms with Gasteiger partial charge >= 0.3 is 6.03 Å². The molecule has 6 heteroatoms. The van der Waals surface area contributed by atoms with E-state index < -0.39 is 9.84 Å². The molecule has 1 fully saturated rings. The largest absolute Gasteiger partial charge is 0.334 e. The summed E-state index contributed by atoms with van der Waals surface area (Å²) in [5.41, 5.74) is 0. The highest BCUT2D eigenvalue weighted by molar-refractivity contribution is 7.90. The van der Waals surface area contributed by atoms with Crippen LogP contribution >= 0.6 is 0 Å². The number of amides is 2. The van der Waals surface area contributed by atoms with Gasteiger partial charge in [-0.2, -0.15) is 0 Å². The Morgan fingerprint density at radius 3 is 2.16 bits per heavy atom. The Kier molecular flexibility index (Phi) is 5.24. The van der Waals surface area contributed by atoms with E-state index in [2.05, 4.69) is 19.2 Å². The van der Waals surface area contributed by atoms with Gasteiger partial charge in [0.25, 0.3) is 0 Å². The number of carbonyl (C=O) groups excluding carboxylic acids is 1. The van der Waals surface area contributed by atoms with E-state index in [9.17, 15) is 13.2 Å². The summed E-state index contributed by atoms with van der Waals surface area (Å²) in [6.07, 6.45) is 3.28. The Morgan fingerprint density at radius 1 is 1.26 bits per heavy atom. The lowest BCUT2D eigenvalue weighted by atomic mass is 10.0. The van der Waals surface area contributed by atoms with Gasteiger partial charge in [0.2, 0.25) is 0 Å². The molecule has 0 aliphatic heterocycles. The maximum Gasteiger partial charge on any atom is 0.318 e. The van der Waals surface area contributed by atoms with Crippen molar-refractivity contribution in [3.05, 3.63) is 0 Å². The minimum atomic E-state index is -3.07. The number of sulfone groups is 1. The molecular formula is C13H26N2O3S. The Morgan fingerprint density at radius 2 is 1.79 bits per heavy atom. The molecule has 2 atom stereocenters. The van der Waals surface area contributed by atoms with Gasteiger partial charge in [-0.05, 0) is 32.6 Å². The molecule has 19 heavy (non-hydrogen) atoms. The molecule has 1 aliphatic rings. The van der Waals surface area contributed by atoms with Crippen molar-refractivity contribution in [2.75, 3.05) is 12.0 Å².